The third-order valence-corrected chi connectivity index (χ3v) is 11.4. The molecule has 2 aromatic heterocycles. The van der Waals surface area contributed by atoms with Crippen LogP contribution in [0.5, 0.6) is 5.75 Å². The summed E-state index contributed by atoms with van der Waals surface area (Å²) in [4.78, 5) is 59.0. The Morgan fingerprint density at radius 3 is 2.09 bits per heavy atom. The van der Waals surface area contributed by atoms with E-state index in [0.717, 1.165) is 64.5 Å². The van der Waals surface area contributed by atoms with Crippen molar-refractivity contribution < 1.29 is 23.9 Å². The van der Waals surface area contributed by atoms with Gasteiger partial charge in [-0.25, -0.2) is 0 Å². The van der Waals surface area contributed by atoms with Crippen LogP contribution >= 0.6 is 11.6 Å². The number of carbonyl (C=O) groups excluding carboxylic acids is 4. The van der Waals surface area contributed by atoms with E-state index in [-0.39, 0.29) is 48.2 Å². The Morgan fingerprint density at radius 1 is 0.855 bits per heavy atom. The minimum Gasteiger partial charge on any atom is -0.490 e. The van der Waals surface area contributed by atoms with E-state index in [4.69, 9.17) is 22.1 Å². The van der Waals surface area contributed by atoms with E-state index in [9.17, 15) is 24.4 Å². The molecular weight excluding hydrogens is 726 g/mol. The predicted molar refractivity (Wildman–Crippen MR) is 201 cm³/mol. The van der Waals surface area contributed by atoms with Crippen molar-refractivity contribution in [2.24, 2.45) is 11.7 Å². The number of ether oxygens (including phenoxy) is 1. The molecular formula is C38H44ClN11O5. The van der Waals surface area contributed by atoms with Gasteiger partial charge < -0.3 is 25.2 Å². The largest absolute Gasteiger partial charge is 0.490 e. The summed E-state index contributed by atoms with van der Waals surface area (Å²) in [5.41, 5.74) is 5.97. The van der Waals surface area contributed by atoms with Gasteiger partial charge in [0.15, 0.2) is 23.0 Å². The molecule has 1 aliphatic carbocycles. The van der Waals surface area contributed by atoms with Gasteiger partial charge in [0.25, 0.3) is 11.8 Å². The van der Waals surface area contributed by atoms with Gasteiger partial charge in [0.2, 0.25) is 11.8 Å². The van der Waals surface area contributed by atoms with E-state index in [1.165, 1.54) is 0 Å². The van der Waals surface area contributed by atoms with Crippen molar-refractivity contribution in [2.45, 2.75) is 69.6 Å². The molecule has 3 saturated heterocycles. The third kappa shape index (κ3) is 8.95. The van der Waals surface area contributed by atoms with Crippen LogP contribution < -0.4 is 25.6 Å². The van der Waals surface area contributed by atoms with Gasteiger partial charge in [-0.1, -0.05) is 11.6 Å². The van der Waals surface area contributed by atoms with Crippen LogP contribution in [0, 0.1) is 17.2 Å². The van der Waals surface area contributed by atoms with Gasteiger partial charge in [0, 0.05) is 64.3 Å². The first-order valence-electron chi connectivity index (χ1n) is 18.9. The first kappa shape index (κ1) is 37.9. The SMILES string of the molecule is N#Cc1ccc(OC2CCC(N(C(=O)c3ccc(N4CCN(CC5CCN(c6ccc(C(N)=O)nn6)CC5)CC4)nn3)C3CCC(=O)NC3=O)CC2)cc1Cl. The Balaban J connectivity index is 0.921. The highest BCUT2D eigenvalue weighted by molar-refractivity contribution is 6.31. The van der Waals surface area contributed by atoms with Crippen molar-refractivity contribution in [3.8, 4) is 11.8 Å². The zero-order valence-corrected chi connectivity index (χ0v) is 31.2. The van der Waals surface area contributed by atoms with Crippen molar-refractivity contribution in [3.05, 3.63) is 64.4 Å². The molecule has 3 aliphatic heterocycles. The molecule has 16 nitrogen and oxygen atoms in total. The number of nitrogens with two attached hydrogens (primary N) is 1. The number of amides is 4. The lowest BCUT2D eigenvalue weighted by Gasteiger charge is -2.41. The van der Waals surface area contributed by atoms with Gasteiger partial charge in [-0.2, -0.15) is 5.26 Å². The second-order valence-electron chi connectivity index (χ2n) is 14.6. The van der Waals surface area contributed by atoms with Gasteiger partial charge in [0.05, 0.1) is 16.7 Å². The Kier molecular flexibility index (Phi) is 11.7. The van der Waals surface area contributed by atoms with Crippen LogP contribution in [0.1, 0.15) is 77.9 Å². The number of carbonyl (C=O) groups is 4. The van der Waals surface area contributed by atoms with Crippen molar-refractivity contribution in [3.63, 3.8) is 0 Å². The zero-order valence-electron chi connectivity index (χ0n) is 30.5. The number of anilines is 2. The molecule has 1 aromatic carbocycles. The van der Waals surface area contributed by atoms with E-state index in [1.54, 1.807) is 41.3 Å². The third-order valence-electron chi connectivity index (χ3n) is 11.1. The summed E-state index contributed by atoms with van der Waals surface area (Å²) in [6.45, 7) is 6.11. The van der Waals surface area contributed by atoms with Crippen LogP contribution in [0.15, 0.2) is 42.5 Å². The summed E-state index contributed by atoms with van der Waals surface area (Å²) in [5, 5.41) is 28.8. The number of imide groups is 1. The fraction of sp³-hybridized carbons (Fsp3) is 0.500. The van der Waals surface area contributed by atoms with Gasteiger partial charge >= 0.3 is 0 Å². The molecule has 0 spiro atoms. The number of halogens is 1. The monoisotopic (exact) mass is 769 g/mol. The van der Waals surface area contributed by atoms with Crippen molar-refractivity contribution in [1.29, 1.82) is 5.26 Å². The normalized spacial score (nSPS) is 22.4. The Morgan fingerprint density at radius 2 is 1.51 bits per heavy atom. The molecule has 0 radical (unpaired) electrons. The van der Waals surface area contributed by atoms with Gasteiger partial charge in [0.1, 0.15) is 17.9 Å². The summed E-state index contributed by atoms with van der Waals surface area (Å²) in [7, 11) is 0. The number of benzene rings is 1. The van der Waals surface area contributed by atoms with Gasteiger partial charge in [-0.3, -0.25) is 29.4 Å². The van der Waals surface area contributed by atoms with Gasteiger partial charge in [-0.05, 0) is 87.3 Å². The maximum Gasteiger partial charge on any atom is 0.275 e. The van der Waals surface area contributed by atoms with E-state index >= 15 is 0 Å². The van der Waals surface area contributed by atoms with Crippen molar-refractivity contribution >= 4 is 46.9 Å². The number of rotatable bonds is 10. The molecule has 3 aromatic rings. The van der Waals surface area contributed by atoms with E-state index < -0.39 is 17.9 Å². The van der Waals surface area contributed by atoms with Crippen LogP contribution in [-0.4, -0.2) is 118 Å². The number of piperazine rings is 1. The Labute approximate surface area is 323 Å². The van der Waals surface area contributed by atoms with E-state index in [2.05, 4.69) is 40.4 Å². The quantitative estimate of drug-likeness (QED) is 0.285. The molecule has 4 aliphatic rings. The van der Waals surface area contributed by atoms with E-state index in [1.807, 2.05) is 12.1 Å². The first-order valence-corrected chi connectivity index (χ1v) is 19.2. The number of primary amides is 1. The zero-order chi connectivity index (χ0) is 38.5. The summed E-state index contributed by atoms with van der Waals surface area (Å²) >= 11 is 6.20. The lowest BCUT2D eigenvalue weighted by atomic mass is 9.89. The number of aromatic nitrogens is 4. The number of hydrogen-bond acceptors (Lipinski definition) is 13. The first-order chi connectivity index (χ1) is 26.6. The smallest absolute Gasteiger partial charge is 0.275 e. The number of hydrogen-bond donors (Lipinski definition) is 2. The van der Waals surface area contributed by atoms with Crippen molar-refractivity contribution in [1.82, 2.24) is 35.5 Å². The highest BCUT2D eigenvalue weighted by atomic mass is 35.5. The Hall–Kier alpha value is -5.40. The lowest BCUT2D eigenvalue weighted by Crippen LogP contribution is -2.58. The molecule has 1 atom stereocenters. The summed E-state index contributed by atoms with van der Waals surface area (Å²) in [6.07, 6.45) is 4.81. The summed E-state index contributed by atoms with van der Waals surface area (Å²) in [6, 6.07) is 12.9. The van der Waals surface area contributed by atoms with Crippen LogP contribution in [0.2, 0.25) is 5.02 Å². The number of nitriles is 1. The molecule has 17 heteroatoms. The molecule has 1 unspecified atom stereocenters. The highest BCUT2D eigenvalue weighted by Crippen LogP contribution is 2.32. The number of nitrogens with zero attached hydrogens (tertiary/aromatic N) is 9. The minimum atomic E-state index is -0.796. The van der Waals surface area contributed by atoms with E-state index in [0.29, 0.717) is 53.8 Å². The van der Waals surface area contributed by atoms with Crippen molar-refractivity contribution in [2.75, 3.05) is 55.6 Å². The number of nitrogens with one attached hydrogen (secondary N) is 1. The Bertz CT molecular complexity index is 1920. The fourth-order valence-electron chi connectivity index (χ4n) is 8.04. The topological polar surface area (TPSA) is 204 Å². The molecule has 4 fully saturated rings. The minimum absolute atomic E-state index is 0.123. The number of piperidine rings is 2. The maximum absolute atomic E-state index is 14.1. The highest BCUT2D eigenvalue weighted by Gasteiger charge is 2.41. The molecule has 1 saturated carbocycles. The average molecular weight is 770 g/mol. The molecule has 55 heavy (non-hydrogen) atoms. The molecule has 288 valence electrons. The molecule has 5 heterocycles. The standard InChI is InChI=1S/C38H44ClN11O5/c39-29-21-28(4-1-25(29)22-40)55-27-5-2-26(3-6-27)50(32-9-12-35(51)42-37(32)53)38(54)31-8-11-34(46-44-31)49-19-17-47(18-20-49)23-24-13-15-48(16-14-24)33-10-7-30(36(41)52)43-45-33/h1,4,7-8,10-11,21,24,26-27,32H,2-3,5-6,9,12-20,23H2,(H2,41,52)(H,42,51,53). The van der Waals surface area contributed by atoms with Crippen LogP contribution in [0.3, 0.4) is 0 Å². The molecule has 3 N–H and O–H groups in total. The maximum atomic E-state index is 14.1. The average Bonchev–Trinajstić information content (AvgIpc) is 3.20. The van der Waals surface area contributed by atoms with Crippen LogP contribution in [0.25, 0.3) is 0 Å². The summed E-state index contributed by atoms with van der Waals surface area (Å²) < 4.78 is 6.16. The predicted octanol–water partition coefficient (Wildman–Crippen LogP) is 2.57. The summed E-state index contributed by atoms with van der Waals surface area (Å²) in [5.74, 6) is 0.803. The van der Waals surface area contributed by atoms with Crippen LogP contribution in [0.4, 0.5) is 11.6 Å². The van der Waals surface area contributed by atoms with Crippen LogP contribution in [-0.2, 0) is 9.59 Å². The fourth-order valence-corrected chi connectivity index (χ4v) is 8.25. The van der Waals surface area contributed by atoms with Gasteiger partial charge in [-0.15, -0.1) is 20.4 Å². The molecule has 4 amide bonds. The molecule has 7 rings (SSSR count). The lowest BCUT2D eigenvalue weighted by molar-refractivity contribution is -0.137. The second kappa shape index (κ2) is 17.0. The molecule has 0 bridgehead atoms. The second-order valence-corrected chi connectivity index (χ2v) is 15.0.